The van der Waals surface area contributed by atoms with Crippen molar-refractivity contribution in [1.29, 1.82) is 0 Å². The lowest BCUT2D eigenvalue weighted by Gasteiger charge is -2.47. The molecule has 2 aliphatic rings. The number of hydrogen-bond donors (Lipinski definition) is 1. The number of ether oxygens (including phenoxy) is 1. The number of nitrogens with zero attached hydrogens (tertiary/aromatic N) is 2. The SMILES string of the molecule is COc1ccccc1N1C(=O)CN(S(=O)(=O)c2ccccc2)C[C@]1(C)C(=O)NC1CCCCC1. The van der Waals surface area contributed by atoms with Crippen LogP contribution in [0.15, 0.2) is 59.5 Å². The van der Waals surface area contributed by atoms with Gasteiger partial charge in [-0.15, -0.1) is 0 Å². The van der Waals surface area contributed by atoms with E-state index in [-0.39, 0.29) is 29.9 Å². The minimum absolute atomic E-state index is 0.00815. The summed E-state index contributed by atoms with van der Waals surface area (Å²) in [4.78, 5) is 28.8. The number of para-hydroxylation sites is 2. The molecular weight excluding hydrogens is 454 g/mol. The van der Waals surface area contributed by atoms with Crippen molar-refractivity contribution in [2.45, 2.75) is 55.5 Å². The van der Waals surface area contributed by atoms with Gasteiger partial charge in [-0.2, -0.15) is 4.31 Å². The fourth-order valence-corrected chi connectivity index (χ4v) is 6.36. The van der Waals surface area contributed by atoms with Gasteiger partial charge >= 0.3 is 0 Å². The molecule has 2 amide bonds. The van der Waals surface area contributed by atoms with Gasteiger partial charge in [0.25, 0.3) is 0 Å². The third kappa shape index (κ3) is 4.54. The second-order valence-corrected chi connectivity index (χ2v) is 11.0. The van der Waals surface area contributed by atoms with Crippen LogP contribution in [0.2, 0.25) is 0 Å². The lowest BCUT2D eigenvalue weighted by Crippen LogP contribution is -2.70. The van der Waals surface area contributed by atoms with E-state index in [4.69, 9.17) is 4.74 Å². The van der Waals surface area contributed by atoms with Crippen molar-refractivity contribution in [1.82, 2.24) is 9.62 Å². The molecule has 182 valence electrons. The molecule has 0 bridgehead atoms. The van der Waals surface area contributed by atoms with Gasteiger partial charge in [0.1, 0.15) is 11.3 Å². The van der Waals surface area contributed by atoms with Crippen LogP contribution in [0.4, 0.5) is 5.69 Å². The summed E-state index contributed by atoms with van der Waals surface area (Å²) >= 11 is 0. The average molecular weight is 486 g/mol. The van der Waals surface area contributed by atoms with Gasteiger partial charge < -0.3 is 10.1 Å². The highest BCUT2D eigenvalue weighted by Crippen LogP contribution is 2.37. The van der Waals surface area contributed by atoms with Crippen LogP contribution in [0.25, 0.3) is 0 Å². The second-order valence-electron chi connectivity index (χ2n) is 9.07. The number of nitrogens with one attached hydrogen (secondary N) is 1. The number of piperazine rings is 1. The van der Waals surface area contributed by atoms with Crippen molar-refractivity contribution in [3.05, 3.63) is 54.6 Å². The number of carbonyl (C=O) groups is 2. The third-order valence-corrected chi connectivity index (χ3v) is 8.48. The van der Waals surface area contributed by atoms with Gasteiger partial charge in [0.05, 0.1) is 24.2 Å². The maximum atomic E-state index is 13.8. The molecule has 1 N–H and O–H groups in total. The number of sulfonamides is 1. The summed E-state index contributed by atoms with van der Waals surface area (Å²) in [5, 5.41) is 3.10. The van der Waals surface area contributed by atoms with Gasteiger partial charge in [0.15, 0.2) is 0 Å². The Bertz CT molecular complexity index is 1150. The first-order valence-corrected chi connectivity index (χ1v) is 13.0. The van der Waals surface area contributed by atoms with E-state index in [0.29, 0.717) is 11.4 Å². The summed E-state index contributed by atoms with van der Waals surface area (Å²) in [5.74, 6) is -0.421. The monoisotopic (exact) mass is 485 g/mol. The average Bonchev–Trinajstić information content (AvgIpc) is 2.85. The molecule has 1 saturated carbocycles. The third-order valence-electron chi connectivity index (χ3n) is 6.68. The molecule has 0 spiro atoms. The van der Waals surface area contributed by atoms with Crippen LogP contribution in [0, 0.1) is 0 Å². The molecule has 2 fully saturated rings. The number of methoxy groups -OCH3 is 1. The molecule has 1 heterocycles. The minimum Gasteiger partial charge on any atom is -0.495 e. The second kappa shape index (κ2) is 9.76. The highest BCUT2D eigenvalue weighted by molar-refractivity contribution is 7.89. The Morgan fingerprint density at radius 3 is 2.35 bits per heavy atom. The summed E-state index contributed by atoms with van der Waals surface area (Å²) < 4.78 is 33.4. The van der Waals surface area contributed by atoms with E-state index in [2.05, 4.69) is 5.32 Å². The molecule has 1 aliphatic heterocycles. The summed E-state index contributed by atoms with van der Waals surface area (Å²) in [6, 6.07) is 15.0. The van der Waals surface area contributed by atoms with Gasteiger partial charge in [0, 0.05) is 12.6 Å². The predicted octanol–water partition coefficient (Wildman–Crippen LogP) is 2.94. The number of benzene rings is 2. The van der Waals surface area contributed by atoms with Crippen LogP contribution in [-0.4, -0.2) is 56.3 Å². The quantitative estimate of drug-likeness (QED) is 0.679. The van der Waals surface area contributed by atoms with Gasteiger partial charge in [0.2, 0.25) is 21.8 Å². The van der Waals surface area contributed by atoms with Crippen LogP contribution in [0.1, 0.15) is 39.0 Å². The van der Waals surface area contributed by atoms with Crippen molar-refractivity contribution in [2.75, 3.05) is 25.1 Å². The minimum atomic E-state index is -3.98. The zero-order valence-corrected chi connectivity index (χ0v) is 20.4. The van der Waals surface area contributed by atoms with E-state index in [9.17, 15) is 18.0 Å². The molecule has 0 aromatic heterocycles. The summed E-state index contributed by atoms with van der Waals surface area (Å²) in [6.45, 7) is 1.08. The van der Waals surface area contributed by atoms with E-state index in [1.54, 1.807) is 49.4 Å². The molecule has 1 atom stereocenters. The summed E-state index contributed by atoms with van der Waals surface area (Å²) in [5.41, 5.74) is -1.03. The van der Waals surface area contributed by atoms with E-state index in [1.807, 2.05) is 0 Å². The number of hydrogen-bond acceptors (Lipinski definition) is 5. The standard InChI is InChI=1S/C25H31N3O5S/c1-25(24(30)26-19-11-5-3-6-12-19)18-27(34(31,32)20-13-7-4-8-14-20)17-23(29)28(25)21-15-9-10-16-22(21)33-2/h4,7-10,13-16,19H,3,5-6,11-12,17-18H2,1-2H3,(H,26,30)/t25-/m1/s1. The molecule has 4 rings (SSSR count). The largest absolute Gasteiger partial charge is 0.495 e. The number of anilines is 1. The molecule has 9 heteroatoms. The first kappa shape index (κ1) is 24.2. The Hall–Kier alpha value is -2.91. The van der Waals surface area contributed by atoms with Crippen molar-refractivity contribution >= 4 is 27.5 Å². The van der Waals surface area contributed by atoms with Gasteiger partial charge in [-0.25, -0.2) is 8.42 Å². The van der Waals surface area contributed by atoms with Crippen molar-refractivity contribution < 1.29 is 22.7 Å². The number of carbonyl (C=O) groups excluding carboxylic acids is 2. The predicted molar refractivity (Wildman–Crippen MR) is 129 cm³/mol. The lowest BCUT2D eigenvalue weighted by molar-refractivity contribution is -0.133. The maximum Gasteiger partial charge on any atom is 0.247 e. The van der Waals surface area contributed by atoms with Crippen molar-refractivity contribution in [3.63, 3.8) is 0 Å². The molecule has 2 aromatic carbocycles. The Morgan fingerprint density at radius 2 is 1.68 bits per heavy atom. The van der Waals surface area contributed by atoms with Crippen molar-refractivity contribution in [3.8, 4) is 5.75 Å². The molecule has 0 unspecified atom stereocenters. The zero-order valence-electron chi connectivity index (χ0n) is 19.6. The normalized spacial score (nSPS) is 22.4. The fraction of sp³-hybridized carbons (Fsp3) is 0.440. The van der Waals surface area contributed by atoms with Crippen LogP contribution in [0.5, 0.6) is 5.75 Å². The van der Waals surface area contributed by atoms with Crippen molar-refractivity contribution in [2.24, 2.45) is 0 Å². The van der Waals surface area contributed by atoms with Crippen LogP contribution in [-0.2, 0) is 19.6 Å². The molecule has 0 radical (unpaired) electrons. The van der Waals surface area contributed by atoms with E-state index < -0.39 is 21.5 Å². The Kier molecular flexibility index (Phi) is 6.95. The van der Waals surface area contributed by atoms with Gasteiger partial charge in [-0.05, 0) is 44.0 Å². The molecule has 34 heavy (non-hydrogen) atoms. The highest BCUT2D eigenvalue weighted by Gasteiger charge is 2.52. The summed E-state index contributed by atoms with van der Waals surface area (Å²) in [6.07, 6.45) is 4.95. The number of amides is 2. The van der Waals surface area contributed by atoms with Crippen LogP contribution < -0.4 is 15.0 Å². The smallest absolute Gasteiger partial charge is 0.247 e. The fourth-order valence-electron chi connectivity index (χ4n) is 4.85. The topological polar surface area (TPSA) is 96.0 Å². The Balaban J connectivity index is 1.75. The van der Waals surface area contributed by atoms with Gasteiger partial charge in [-0.3, -0.25) is 14.5 Å². The molecular formula is C25H31N3O5S. The van der Waals surface area contributed by atoms with Gasteiger partial charge in [-0.1, -0.05) is 49.6 Å². The Morgan fingerprint density at radius 1 is 1.03 bits per heavy atom. The zero-order chi connectivity index (χ0) is 24.3. The number of rotatable bonds is 6. The maximum absolute atomic E-state index is 13.8. The highest BCUT2D eigenvalue weighted by atomic mass is 32.2. The molecule has 1 saturated heterocycles. The summed E-state index contributed by atoms with van der Waals surface area (Å²) in [7, 11) is -2.48. The molecule has 1 aliphatic carbocycles. The first-order chi connectivity index (χ1) is 16.3. The first-order valence-electron chi connectivity index (χ1n) is 11.6. The van der Waals surface area contributed by atoms with E-state index >= 15 is 0 Å². The van der Waals surface area contributed by atoms with E-state index in [0.717, 1.165) is 36.4 Å². The Labute approximate surface area is 200 Å². The van der Waals surface area contributed by atoms with Crippen LogP contribution >= 0.6 is 0 Å². The molecule has 2 aromatic rings. The van der Waals surface area contributed by atoms with E-state index in [1.165, 1.54) is 24.1 Å². The lowest BCUT2D eigenvalue weighted by atomic mass is 9.91. The molecule has 8 nitrogen and oxygen atoms in total. The van der Waals surface area contributed by atoms with Crippen LogP contribution in [0.3, 0.4) is 0 Å².